The van der Waals surface area contributed by atoms with Gasteiger partial charge in [-0.05, 0) is 67.3 Å². The number of benzene rings is 2. The molecule has 2 aromatic rings. The second-order valence-electron chi connectivity index (χ2n) is 11.0. The monoisotopic (exact) mass is 598 g/mol. The number of rotatable bonds is 10. The molecule has 0 spiro atoms. The molecule has 1 saturated heterocycles. The number of halogens is 4. The molecule has 7 nitrogen and oxygen atoms in total. The Morgan fingerprint density at radius 3 is 2.32 bits per heavy atom. The normalized spacial score (nSPS) is 17.4. The SMILES string of the molecule is COc1cccc([C@@](O)(C(=O)N2CCC(C(C)CC(C)COc3ccc(C(=O)N(C)C)c(Cl)c3)CC2)C(F)(F)F)c1. The van der Waals surface area contributed by atoms with Gasteiger partial charge in [0, 0.05) is 32.7 Å². The number of nitrogens with zero attached hydrogens (tertiary/aromatic N) is 2. The Kier molecular flexibility index (Phi) is 10.6. The molecular formula is C30H38ClF3N2O5. The van der Waals surface area contributed by atoms with Crippen molar-refractivity contribution in [2.75, 3.05) is 40.9 Å². The third-order valence-electron chi connectivity index (χ3n) is 7.72. The number of hydrogen-bond acceptors (Lipinski definition) is 5. The first-order valence-corrected chi connectivity index (χ1v) is 13.9. The number of piperidine rings is 1. The Hall–Kier alpha value is -2.98. The number of amides is 2. The van der Waals surface area contributed by atoms with Crippen LogP contribution < -0.4 is 9.47 Å². The first-order valence-electron chi connectivity index (χ1n) is 13.6. The van der Waals surface area contributed by atoms with Crippen molar-refractivity contribution in [1.82, 2.24) is 9.80 Å². The smallest absolute Gasteiger partial charge is 0.430 e. The Bertz CT molecular complexity index is 1220. The number of alkyl halides is 3. The summed E-state index contributed by atoms with van der Waals surface area (Å²) in [5, 5.41) is 11.1. The lowest BCUT2D eigenvalue weighted by molar-refractivity contribution is -0.262. The van der Waals surface area contributed by atoms with Gasteiger partial charge in [0.2, 0.25) is 0 Å². The summed E-state index contributed by atoms with van der Waals surface area (Å²) >= 11 is 6.27. The van der Waals surface area contributed by atoms with Crippen LogP contribution in [0.15, 0.2) is 42.5 Å². The van der Waals surface area contributed by atoms with Gasteiger partial charge in [0.05, 0.1) is 24.3 Å². The topological polar surface area (TPSA) is 79.3 Å². The first kappa shape index (κ1) is 32.5. The maximum absolute atomic E-state index is 14.1. The van der Waals surface area contributed by atoms with Crippen LogP contribution in [0.3, 0.4) is 0 Å². The van der Waals surface area contributed by atoms with Crippen LogP contribution in [0.2, 0.25) is 5.02 Å². The summed E-state index contributed by atoms with van der Waals surface area (Å²) in [4.78, 5) is 27.8. The molecule has 226 valence electrons. The highest BCUT2D eigenvalue weighted by molar-refractivity contribution is 6.34. The zero-order valence-corrected chi connectivity index (χ0v) is 24.8. The zero-order valence-electron chi connectivity index (χ0n) is 24.0. The van der Waals surface area contributed by atoms with Gasteiger partial charge in [-0.2, -0.15) is 13.2 Å². The molecule has 0 aromatic heterocycles. The Morgan fingerprint density at radius 1 is 1.10 bits per heavy atom. The Balaban J connectivity index is 1.56. The van der Waals surface area contributed by atoms with Gasteiger partial charge in [-0.1, -0.05) is 37.6 Å². The van der Waals surface area contributed by atoms with Gasteiger partial charge in [0.25, 0.3) is 17.4 Å². The molecule has 2 amide bonds. The fourth-order valence-electron chi connectivity index (χ4n) is 5.29. The number of ether oxygens (including phenoxy) is 2. The lowest BCUT2D eigenvalue weighted by atomic mass is 9.80. The van der Waals surface area contributed by atoms with E-state index in [4.69, 9.17) is 21.1 Å². The second-order valence-corrected chi connectivity index (χ2v) is 11.4. The van der Waals surface area contributed by atoms with Crippen LogP contribution in [0.1, 0.15) is 49.0 Å². The van der Waals surface area contributed by atoms with E-state index in [1.807, 2.05) is 0 Å². The van der Waals surface area contributed by atoms with E-state index in [0.29, 0.717) is 35.8 Å². The third-order valence-corrected chi connectivity index (χ3v) is 8.04. The highest BCUT2D eigenvalue weighted by Crippen LogP contribution is 2.42. The van der Waals surface area contributed by atoms with Crippen LogP contribution in [-0.2, 0) is 10.4 Å². The average Bonchev–Trinajstić information content (AvgIpc) is 2.94. The number of methoxy groups -OCH3 is 1. The second kappa shape index (κ2) is 13.3. The summed E-state index contributed by atoms with van der Waals surface area (Å²) in [5.74, 6) is -0.261. The molecular weight excluding hydrogens is 561 g/mol. The van der Waals surface area contributed by atoms with Gasteiger partial charge in [-0.15, -0.1) is 0 Å². The molecule has 1 aliphatic heterocycles. The van der Waals surface area contributed by atoms with Crippen LogP contribution in [0, 0.1) is 17.8 Å². The number of carbonyl (C=O) groups excluding carboxylic acids is 2. The predicted octanol–water partition coefficient (Wildman–Crippen LogP) is 5.78. The van der Waals surface area contributed by atoms with E-state index in [0.717, 1.165) is 23.5 Å². The number of likely N-dealkylation sites (tertiary alicyclic amines) is 1. The van der Waals surface area contributed by atoms with E-state index in [1.54, 1.807) is 32.3 Å². The molecule has 0 saturated carbocycles. The minimum absolute atomic E-state index is 0.114. The summed E-state index contributed by atoms with van der Waals surface area (Å²) in [5.41, 5.74) is -3.83. The Morgan fingerprint density at radius 2 is 1.76 bits per heavy atom. The molecule has 1 N–H and O–H groups in total. The van der Waals surface area contributed by atoms with E-state index >= 15 is 0 Å². The van der Waals surface area contributed by atoms with Gasteiger partial charge in [-0.25, -0.2) is 0 Å². The molecule has 0 radical (unpaired) electrons. The summed E-state index contributed by atoms with van der Waals surface area (Å²) in [6, 6.07) is 9.84. The fraction of sp³-hybridized carbons (Fsp3) is 0.533. The minimum Gasteiger partial charge on any atom is -0.497 e. The maximum Gasteiger partial charge on any atom is 0.430 e. The van der Waals surface area contributed by atoms with Crippen molar-refractivity contribution in [3.8, 4) is 11.5 Å². The molecule has 1 heterocycles. The Labute approximate surface area is 244 Å². The van der Waals surface area contributed by atoms with Crippen molar-refractivity contribution in [2.24, 2.45) is 17.8 Å². The van der Waals surface area contributed by atoms with E-state index in [1.165, 1.54) is 24.1 Å². The van der Waals surface area contributed by atoms with Crippen molar-refractivity contribution < 1.29 is 37.3 Å². The highest BCUT2D eigenvalue weighted by atomic mass is 35.5. The lowest BCUT2D eigenvalue weighted by Crippen LogP contribution is -2.57. The van der Waals surface area contributed by atoms with Crippen molar-refractivity contribution >= 4 is 23.4 Å². The molecule has 1 fully saturated rings. The summed E-state index contributed by atoms with van der Waals surface area (Å²) in [6.45, 7) is 4.82. The molecule has 3 atom stereocenters. The third kappa shape index (κ3) is 7.46. The van der Waals surface area contributed by atoms with Crippen LogP contribution in [0.5, 0.6) is 11.5 Å². The summed E-state index contributed by atoms with van der Waals surface area (Å²) < 4.78 is 53.2. The molecule has 2 aromatic carbocycles. The van der Waals surface area contributed by atoms with E-state index in [2.05, 4.69) is 13.8 Å². The van der Waals surface area contributed by atoms with Crippen molar-refractivity contribution in [2.45, 2.75) is 44.9 Å². The fourth-order valence-corrected chi connectivity index (χ4v) is 5.54. The van der Waals surface area contributed by atoms with E-state index in [-0.39, 0.29) is 42.5 Å². The number of aliphatic hydroxyl groups is 1. The van der Waals surface area contributed by atoms with Gasteiger partial charge in [-0.3, -0.25) is 9.59 Å². The lowest BCUT2D eigenvalue weighted by Gasteiger charge is -2.40. The summed E-state index contributed by atoms with van der Waals surface area (Å²) in [6.07, 6.45) is -3.32. The van der Waals surface area contributed by atoms with Crippen molar-refractivity contribution in [3.63, 3.8) is 0 Å². The molecule has 41 heavy (non-hydrogen) atoms. The highest BCUT2D eigenvalue weighted by Gasteiger charge is 2.62. The number of hydrogen-bond donors (Lipinski definition) is 1. The quantitative estimate of drug-likeness (QED) is 0.375. The molecule has 1 aliphatic rings. The molecule has 0 bridgehead atoms. The molecule has 11 heteroatoms. The zero-order chi connectivity index (χ0) is 30.5. The molecule has 0 aliphatic carbocycles. The van der Waals surface area contributed by atoms with Crippen LogP contribution in [0.4, 0.5) is 13.2 Å². The average molecular weight is 599 g/mol. The minimum atomic E-state index is -5.21. The number of carbonyl (C=O) groups is 2. The standard InChI is InChI=1S/C30H38ClF3N2O5/c1-19(18-41-24-9-10-25(26(31)17-24)27(37)35(3)4)15-20(2)21-11-13-36(14-12-21)28(38)29(39,30(32,33)34)22-7-6-8-23(16-22)40-5/h6-10,16-17,19-21,39H,11-15,18H2,1-5H3/t19?,20?,29-/m1/s1. The van der Waals surface area contributed by atoms with Crippen LogP contribution >= 0.6 is 11.6 Å². The van der Waals surface area contributed by atoms with Crippen LogP contribution in [0.25, 0.3) is 0 Å². The van der Waals surface area contributed by atoms with Crippen molar-refractivity contribution in [3.05, 3.63) is 58.6 Å². The van der Waals surface area contributed by atoms with E-state index < -0.39 is 23.2 Å². The molecule has 2 unspecified atom stereocenters. The van der Waals surface area contributed by atoms with Crippen molar-refractivity contribution in [1.29, 1.82) is 0 Å². The van der Waals surface area contributed by atoms with Gasteiger partial charge < -0.3 is 24.4 Å². The van der Waals surface area contributed by atoms with Gasteiger partial charge >= 0.3 is 6.18 Å². The van der Waals surface area contributed by atoms with E-state index in [9.17, 15) is 27.9 Å². The first-order chi connectivity index (χ1) is 19.2. The maximum atomic E-state index is 14.1. The predicted molar refractivity (Wildman–Crippen MR) is 150 cm³/mol. The summed E-state index contributed by atoms with van der Waals surface area (Å²) in [7, 11) is 4.60. The molecule has 3 rings (SSSR count). The largest absolute Gasteiger partial charge is 0.497 e. The van der Waals surface area contributed by atoms with Gasteiger partial charge in [0.1, 0.15) is 11.5 Å². The van der Waals surface area contributed by atoms with Gasteiger partial charge in [0.15, 0.2) is 0 Å². The van der Waals surface area contributed by atoms with Crippen LogP contribution in [-0.4, -0.2) is 73.8 Å².